The second-order valence-electron chi connectivity index (χ2n) is 12.3. The summed E-state index contributed by atoms with van der Waals surface area (Å²) in [5, 5.41) is 14.8. The van der Waals surface area contributed by atoms with E-state index in [2.05, 4.69) is 68.2 Å². The number of methoxy groups -OCH3 is 1. The number of aromatic nitrogens is 2. The summed E-state index contributed by atoms with van der Waals surface area (Å²) in [6.07, 6.45) is 0.754. The van der Waals surface area contributed by atoms with E-state index in [0.717, 1.165) is 64.0 Å². The maximum atomic E-state index is 9.68. The van der Waals surface area contributed by atoms with E-state index < -0.39 is 8.07 Å². The summed E-state index contributed by atoms with van der Waals surface area (Å²) in [4.78, 5) is 0. The first-order valence-corrected chi connectivity index (χ1v) is 18.4. The van der Waals surface area contributed by atoms with Gasteiger partial charge < -0.3 is 19.3 Å². The van der Waals surface area contributed by atoms with Crippen LogP contribution >= 0.6 is 0 Å². The van der Waals surface area contributed by atoms with Crippen LogP contribution in [0, 0.1) is 0 Å². The van der Waals surface area contributed by atoms with Crippen molar-refractivity contribution in [1.29, 1.82) is 0 Å². The van der Waals surface area contributed by atoms with Crippen LogP contribution in [-0.2, 0) is 24.5 Å². The lowest BCUT2D eigenvalue weighted by molar-refractivity contribution is 0.0799. The molecule has 0 bridgehead atoms. The van der Waals surface area contributed by atoms with Crippen molar-refractivity contribution in [3.8, 4) is 50.9 Å². The third-order valence-corrected chi connectivity index (χ3v) is 9.57. The Morgan fingerprint density at radius 2 is 1.51 bits per heavy atom. The number of phenolic OH excluding ortho intramolecular Hbond substituents is 1. The summed E-state index contributed by atoms with van der Waals surface area (Å²) in [6, 6.07) is 31.2. The van der Waals surface area contributed by atoms with E-state index in [1.54, 1.807) is 19.2 Å². The van der Waals surface area contributed by atoms with Crippen molar-refractivity contribution in [2.75, 3.05) is 13.7 Å². The highest BCUT2D eigenvalue weighted by molar-refractivity contribution is 6.76. The van der Waals surface area contributed by atoms with E-state index >= 15 is 0 Å². The maximum absolute atomic E-state index is 9.68. The number of hydrogen-bond acceptors (Lipinski definition) is 5. The molecular weight excluding hydrogens is 552 g/mol. The zero-order valence-electron chi connectivity index (χ0n) is 25.3. The summed E-state index contributed by atoms with van der Waals surface area (Å²) in [5.41, 5.74) is 9.81. The average molecular weight is 591 g/mol. The fourth-order valence-corrected chi connectivity index (χ4v) is 6.22. The number of phenols is 1. The Morgan fingerprint density at radius 3 is 2.19 bits per heavy atom. The Bertz CT molecular complexity index is 1710. The molecule has 1 heterocycles. The molecule has 6 rings (SSSR count). The van der Waals surface area contributed by atoms with E-state index in [4.69, 9.17) is 19.3 Å². The van der Waals surface area contributed by atoms with Crippen molar-refractivity contribution in [2.45, 2.75) is 45.4 Å². The summed E-state index contributed by atoms with van der Waals surface area (Å²) in [6.45, 7) is 8.67. The van der Waals surface area contributed by atoms with E-state index in [1.807, 2.05) is 35.0 Å². The molecule has 0 saturated heterocycles. The van der Waals surface area contributed by atoms with Crippen LogP contribution in [0.4, 0.5) is 0 Å². The van der Waals surface area contributed by atoms with Gasteiger partial charge in [-0.15, -0.1) is 0 Å². The van der Waals surface area contributed by atoms with Gasteiger partial charge in [-0.1, -0.05) is 86.4 Å². The van der Waals surface area contributed by atoms with Crippen LogP contribution < -0.4 is 9.47 Å². The summed E-state index contributed by atoms with van der Waals surface area (Å²) in [5.74, 6) is 1.70. The van der Waals surface area contributed by atoms with E-state index in [-0.39, 0.29) is 5.75 Å². The Balaban J connectivity index is 1.35. The van der Waals surface area contributed by atoms with E-state index in [9.17, 15) is 5.11 Å². The van der Waals surface area contributed by atoms with Crippen LogP contribution in [0.15, 0.2) is 91.0 Å². The van der Waals surface area contributed by atoms with Crippen LogP contribution in [-0.4, -0.2) is 36.7 Å². The molecule has 0 spiro atoms. The highest BCUT2D eigenvalue weighted by Gasteiger charge is 2.30. The number of hydrogen-bond donors (Lipinski definition) is 1. The predicted octanol–water partition coefficient (Wildman–Crippen LogP) is 8.39. The topological polar surface area (TPSA) is 65.7 Å². The molecule has 0 aliphatic heterocycles. The van der Waals surface area contributed by atoms with Crippen LogP contribution in [0.1, 0.15) is 16.7 Å². The SMILES string of the molecule is COc1cc2c(cc1OCc1ccccc1)-c1c(c(-c3ccc(-c4ccc(O)cc4)cc3)nn1COCC[Si](C)(C)C)C2. The van der Waals surface area contributed by atoms with Crippen molar-refractivity contribution in [2.24, 2.45) is 0 Å². The minimum atomic E-state index is -1.21. The van der Waals surface area contributed by atoms with Gasteiger partial charge in [-0.3, -0.25) is 0 Å². The first kappa shape index (κ1) is 28.8. The minimum absolute atomic E-state index is 0.262. The maximum Gasteiger partial charge on any atom is 0.162 e. The first-order valence-electron chi connectivity index (χ1n) is 14.7. The summed E-state index contributed by atoms with van der Waals surface area (Å²) < 4.78 is 20.3. The van der Waals surface area contributed by atoms with Crippen molar-refractivity contribution in [3.63, 3.8) is 0 Å². The summed E-state index contributed by atoms with van der Waals surface area (Å²) in [7, 11) is 0.477. The van der Waals surface area contributed by atoms with Crippen molar-refractivity contribution < 1.29 is 19.3 Å². The molecule has 7 heteroatoms. The fraction of sp³-hybridized carbons (Fsp3) is 0.250. The van der Waals surface area contributed by atoms with Crippen LogP contribution in [0.25, 0.3) is 33.6 Å². The van der Waals surface area contributed by atoms with Crippen molar-refractivity contribution in [1.82, 2.24) is 9.78 Å². The van der Waals surface area contributed by atoms with Crippen molar-refractivity contribution in [3.05, 3.63) is 108 Å². The molecule has 1 aliphatic rings. The molecule has 6 nitrogen and oxygen atoms in total. The molecule has 0 atom stereocenters. The number of ether oxygens (including phenoxy) is 3. The van der Waals surface area contributed by atoms with Gasteiger partial charge in [-0.2, -0.15) is 5.10 Å². The van der Waals surface area contributed by atoms with Crippen LogP contribution in [0.5, 0.6) is 17.2 Å². The summed E-state index contributed by atoms with van der Waals surface area (Å²) >= 11 is 0. The Kier molecular flexibility index (Phi) is 8.10. The lowest BCUT2D eigenvalue weighted by Gasteiger charge is -2.16. The Labute approximate surface area is 254 Å². The zero-order chi connectivity index (χ0) is 30.0. The van der Waals surface area contributed by atoms with Gasteiger partial charge in [-0.05, 0) is 52.6 Å². The fourth-order valence-electron chi connectivity index (χ4n) is 5.46. The van der Waals surface area contributed by atoms with E-state index in [1.165, 1.54) is 11.1 Å². The van der Waals surface area contributed by atoms with Gasteiger partial charge in [0, 0.05) is 37.8 Å². The zero-order valence-corrected chi connectivity index (χ0v) is 26.3. The van der Waals surface area contributed by atoms with E-state index in [0.29, 0.717) is 19.1 Å². The Hall–Kier alpha value is -4.33. The lowest BCUT2D eigenvalue weighted by atomic mass is 10.0. The van der Waals surface area contributed by atoms with Crippen LogP contribution in [0.2, 0.25) is 25.7 Å². The molecule has 220 valence electrons. The molecule has 0 amide bonds. The number of rotatable bonds is 11. The molecule has 4 aromatic carbocycles. The lowest BCUT2D eigenvalue weighted by Crippen LogP contribution is -2.22. The third-order valence-electron chi connectivity index (χ3n) is 7.87. The molecule has 0 radical (unpaired) electrons. The second kappa shape index (κ2) is 12.1. The van der Waals surface area contributed by atoms with Gasteiger partial charge in [-0.25, -0.2) is 4.68 Å². The van der Waals surface area contributed by atoms with Gasteiger partial charge >= 0.3 is 0 Å². The van der Waals surface area contributed by atoms with Gasteiger partial charge in [0.15, 0.2) is 11.5 Å². The minimum Gasteiger partial charge on any atom is -0.508 e. The number of benzene rings is 4. The van der Waals surface area contributed by atoms with Gasteiger partial charge in [0.05, 0.1) is 18.5 Å². The highest BCUT2D eigenvalue weighted by atomic mass is 28.3. The number of nitrogens with zero attached hydrogens (tertiary/aromatic N) is 2. The van der Waals surface area contributed by atoms with Gasteiger partial charge in [0.1, 0.15) is 19.1 Å². The molecule has 0 fully saturated rings. The molecule has 0 unspecified atom stereocenters. The van der Waals surface area contributed by atoms with Crippen molar-refractivity contribution >= 4 is 8.07 Å². The molecule has 1 N–H and O–H groups in total. The average Bonchev–Trinajstić information content (AvgIpc) is 3.55. The molecular formula is C36H38N2O4Si. The molecule has 43 heavy (non-hydrogen) atoms. The van der Waals surface area contributed by atoms with Gasteiger partial charge in [0.25, 0.3) is 0 Å². The monoisotopic (exact) mass is 590 g/mol. The van der Waals surface area contributed by atoms with Gasteiger partial charge in [0.2, 0.25) is 0 Å². The Morgan fingerprint density at radius 1 is 0.837 bits per heavy atom. The smallest absolute Gasteiger partial charge is 0.162 e. The number of fused-ring (bicyclic) bond motifs is 3. The molecule has 1 aromatic heterocycles. The first-order chi connectivity index (χ1) is 20.8. The normalized spacial score (nSPS) is 12.2. The quantitative estimate of drug-likeness (QED) is 0.121. The van der Waals surface area contributed by atoms with Crippen LogP contribution in [0.3, 0.4) is 0 Å². The molecule has 0 saturated carbocycles. The third kappa shape index (κ3) is 6.38. The number of aromatic hydroxyl groups is 1. The molecule has 5 aromatic rings. The standard InChI is InChI=1S/C36H38N2O4Si/c1-40-33-21-29-20-32-35(28-12-10-26(11-13-28)27-14-16-30(39)17-15-27)37-38(24-41-18-19-43(2,3)4)36(32)31(29)22-34(33)42-23-25-8-6-5-7-9-25/h5-17,21-22,39H,18-20,23-24H2,1-4H3. The largest absolute Gasteiger partial charge is 0.508 e. The second-order valence-corrected chi connectivity index (χ2v) is 17.9. The predicted molar refractivity (Wildman–Crippen MR) is 174 cm³/mol. The highest BCUT2D eigenvalue weighted by Crippen LogP contribution is 2.46. The molecule has 1 aliphatic carbocycles.